The molecule has 175 valence electrons. The molecule has 0 saturated heterocycles. The molecule has 0 amide bonds. The van der Waals surface area contributed by atoms with Crippen LogP contribution in [0.25, 0.3) is 50.3 Å². The molecule has 6 aromatic rings. The number of rotatable bonds is 5. The standard InChI is InChI=1S/C33H23N2.Ir/c1-5-13-25(14-6-1)28-23-30(26-15-7-2-8-16-26)33(31(24-28)27-17-9-3-10-18-27)32-21-22-34-35(32)29-19-11-4-12-20-29;/h1-19,21-24H;/q-1;. The summed E-state index contributed by atoms with van der Waals surface area (Å²) in [5.74, 6) is 0. The maximum absolute atomic E-state index is 4.70. The number of nitrogens with zero attached hydrogens (tertiary/aromatic N) is 2. The van der Waals surface area contributed by atoms with Crippen molar-refractivity contribution in [2.75, 3.05) is 0 Å². The molecule has 1 aromatic heterocycles. The molecule has 0 N–H and O–H groups in total. The summed E-state index contributed by atoms with van der Waals surface area (Å²) >= 11 is 0. The SMILES string of the molecule is [Ir].[c-]1ccccc1-n1nccc1-c1c(-c2ccccc2)cc(-c2ccccc2)cc1-c1ccccc1. The van der Waals surface area contributed by atoms with Crippen molar-refractivity contribution in [3.8, 4) is 50.3 Å². The molecule has 2 nitrogen and oxygen atoms in total. The monoisotopic (exact) mass is 640 g/mol. The molecule has 0 atom stereocenters. The van der Waals surface area contributed by atoms with E-state index in [1.807, 2.05) is 35.1 Å². The summed E-state index contributed by atoms with van der Waals surface area (Å²) in [4.78, 5) is 0. The zero-order valence-corrected chi connectivity index (χ0v) is 21.9. The van der Waals surface area contributed by atoms with Gasteiger partial charge in [0.25, 0.3) is 0 Å². The molecule has 0 aliphatic carbocycles. The molecular weight excluding hydrogens is 617 g/mol. The Hall–Kier alpha value is -4.04. The van der Waals surface area contributed by atoms with Gasteiger partial charge in [0.2, 0.25) is 0 Å². The fourth-order valence-corrected chi connectivity index (χ4v) is 4.61. The third kappa shape index (κ3) is 4.59. The summed E-state index contributed by atoms with van der Waals surface area (Å²) < 4.78 is 1.98. The first kappa shape index (κ1) is 23.7. The van der Waals surface area contributed by atoms with Crippen LogP contribution in [0, 0.1) is 6.07 Å². The van der Waals surface area contributed by atoms with Gasteiger partial charge in [-0.25, -0.2) is 0 Å². The number of aromatic nitrogens is 2. The number of para-hydroxylation sites is 1. The van der Waals surface area contributed by atoms with Gasteiger partial charge < -0.3 is 0 Å². The first-order chi connectivity index (χ1) is 17.4. The molecule has 1 radical (unpaired) electrons. The van der Waals surface area contributed by atoms with Gasteiger partial charge in [-0.15, -0.1) is 6.07 Å². The number of benzene rings is 5. The first-order valence-electron chi connectivity index (χ1n) is 11.7. The van der Waals surface area contributed by atoms with Gasteiger partial charge in [-0.3, -0.25) is 4.68 Å². The molecule has 0 spiro atoms. The molecule has 3 heteroatoms. The molecule has 0 aliphatic heterocycles. The van der Waals surface area contributed by atoms with Crippen LogP contribution in [0.4, 0.5) is 0 Å². The van der Waals surface area contributed by atoms with Crippen molar-refractivity contribution in [1.82, 2.24) is 9.78 Å². The fraction of sp³-hybridized carbons (Fsp3) is 0. The van der Waals surface area contributed by atoms with Gasteiger partial charge >= 0.3 is 0 Å². The van der Waals surface area contributed by atoms with Gasteiger partial charge in [0.1, 0.15) is 0 Å². The van der Waals surface area contributed by atoms with Crippen molar-refractivity contribution in [2.45, 2.75) is 0 Å². The zero-order valence-electron chi connectivity index (χ0n) is 19.5. The second-order valence-electron chi connectivity index (χ2n) is 8.42. The maximum Gasteiger partial charge on any atom is 0.0728 e. The van der Waals surface area contributed by atoms with Gasteiger partial charge in [0, 0.05) is 31.9 Å². The molecule has 6 rings (SSSR count). The Labute approximate surface area is 225 Å². The average molecular weight is 640 g/mol. The van der Waals surface area contributed by atoms with E-state index in [4.69, 9.17) is 5.10 Å². The summed E-state index contributed by atoms with van der Waals surface area (Å²) in [6.07, 6.45) is 1.87. The predicted octanol–water partition coefficient (Wildman–Crippen LogP) is 8.34. The topological polar surface area (TPSA) is 17.8 Å². The van der Waals surface area contributed by atoms with Gasteiger partial charge in [0.05, 0.1) is 5.69 Å². The summed E-state index contributed by atoms with van der Waals surface area (Å²) in [7, 11) is 0. The Balaban J connectivity index is 0.00000267. The minimum Gasteiger partial charge on any atom is -0.258 e. The van der Waals surface area contributed by atoms with Gasteiger partial charge in [0.15, 0.2) is 0 Å². The minimum absolute atomic E-state index is 0. The van der Waals surface area contributed by atoms with E-state index in [1.54, 1.807) is 0 Å². The van der Waals surface area contributed by atoms with Crippen molar-refractivity contribution >= 4 is 0 Å². The molecule has 0 aliphatic rings. The molecule has 36 heavy (non-hydrogen) atoms. The molecule has 1 heterocycles. The van der Waals surface area contributed by atoms with E-state index in [1.165, 1.54) is 33.4 Å². The molecule has 0 bridgehead atoms. The molecular formula is C33H23IrN2-. The maximum atomic E-state index is 4.70. The van der Waals surface area contributed by atoms with Crippen LogP contribution in [0.5, 0.6) is 0 Å². The van der Waals surface area contributed by atoms with E-state index in [-0.39, 0.29) is 20.1 Å². The fourth-order valence-electron chi connectivity index (χ4n) is 4.61. The second kappa shape index (κ2) is 10.7. The van der Waals surface area contributed by atoms with Crippen molar-refractivity contribution in [3.05, 3.63) is 146 Å². The van der Waals surface area contributed by atoms with Crippen LogP contribution >= 0.6 is 0 Å². The van der Waals surface area contributed by atoms with Crippen LogP contribution in [0.2, 0.25) is 0 Å². The van der Waals surface area contributed by atoms with Crippen LogP contribution < -0.4 is 0 Å². The normalized spacial score (nSPS) is 10.6. The zero-order chi connectivity index (χ0) is 23.5. The van der Waals surface area contributed by atoms with Gasteiger partial charge in [-0.05, 0) is 57.3 Å². The third-order valence-electron chi connectivity index (χ3n) is 6.23. The van der Waals surface area contributed by atoms with Crippen LogP contribution in [0.1, 0.15) is 0 Å². The van der Waals surface area contributed by atoms with E-state index < -0.39 is 0 Å². The van der Waals surface area contributed by atoms with Crippen molar-refractivity contribution in [3.63, 3.8) is 0 Å². The molecule has 0 fully saturated rings. The summed E-state index contributed by atoms with van der Waals surface area (Å²) in [6, 6.07) is 49.8. The Morgan fingerprint density at radius 3 is 1.58 bits per heavy atom. The van der Waals surface area contributed by atoms with Gasteiger partial charge in [-0.2, -0.15) is 29.4 Å². The van der Waals surface area contributed by atoms with E-state index >= 15 is 0 Å². The predicted molar refractivity (Wildman–Crippen MR) is 144 cm³/mol. The molecule has 5 aromatic carbocycles. The Morgan fingerprint density at radius 2 is 1.06 bits per heavy atom. The molecule has 0 unspecified atom stereocenters. The van der Waals surface area contributed by atoms with E-state index in [9.17, 15) is 0 Å². The van der Waals surface area contributed by atoms with Crippen molar-refractivity contribution in [2.24, 2.45) is 0 Å². The average Bonchev–Trinajstić information content (AvgIpc) is 3.44. The third-order valence-corrected chi connectivity index (χ3v) is 6.23. The summed E-state index contributed by atoms with van der Waals surface area (Å²) in [5, 5.41) is 4.70. The van der Waals surface area contributed by atoms with Crippen LogP contribution in [0.15, 0.2) is 140 Å². The Kier molecular flexibility index (Phi) is 7.04. The Morgan fingerprint density at radius 1 is 0.528 bits per heavy atom. The van der Waals surface area contributed by atoms with E-state index in [2.05, 4.69) is 115 Å². The second-order valence-corrected chi connectivity index (χ2v) is 8.42. The summed E-state index contributed by atoms with van der Waals surface area (Å²) in [6.45, 7) is 0. The van der Waals surface area contributed by atoms with Crippen LogP contribution in [0.3, 0.4) is 0 Å². The van der Waals surface area contributed by atoms with Crippen molar-refractivity contribution in [1.29, 1.82) is 0 Å². The van der Waals surface area contributed by atoms with Crippen LogP contribution in [-0.4, -0.2) is 9.78 Å². The number of hydrogen-bond donors (Lipinski definition) is 0. The van der Waals surface area contributed by atoms with Crippen molar-refractivity contribution < 1.29 is 20.1 Å². The number of hydrogen-bond acceptors (Lipinski definition) is 1. The van der Waals surface area contributed by atoms with E-state index in [0.29, 0.717) is 0 Å². The Bertz CT molecular complexity index is 1500. The molecule has 0 saturated carbocycles. The smallest absolute Gasteiger partial charge is 0.0728 e. The largest absolute Gasteiger partial charge is 0.258 e. The first-order valence-corrected chi connectivity index (χ1v) is 11.7. The van der Waals surface area contributed by atoms with Crippen LogP contribution in [-0.2, 0) is 20.1 Å². The van der Waals surface area contributed by atoms with E-state index in [0.717, 1.165) is 16.9 Å². The van der Waals surface area contributed by atoms with Gasteiger partial charge in [-0.1, -0.05) is 91.0 Å². The minimum atomic E-state index is 0. The quantitative estimate of drug-likeness (QED) is 0.174. The summed E-state index contributed by atoms with van der Waals surface area (Å²) in [5.41, 5.74) is 10.2.